The van der Waals surface area contributed by atoms with Gasteiger partial charge in [0.05, 0.1) is 0 Å². The van der Waals surface area contributed by atoms with E-state index in [9.17, 15) is 0 Å². The van der Waals surface area contributed by atoms with E-state index < -0.39 is 0 Å². The lowest BCUT2D eigenvalue weighted by molar-refractivity contribution is 1.10. The van der Waals surface area contributed by atoms with Gasteiger partial charge in [-0.3, -0.25) is 4.98 Å². The van der Waals surface area contributed by atoms with Crippen LogP contribution in [-0.2, 0) is 6.42 Å². The van der Waals surface area contributed by atoms with Crippen LogP contribution in [0.2, 0.25) is 0 Å². The fraction of sp³-hybridized carbons (Fsp3) is 0.300. The molecule has 0 bridgehead atoms. The fourth-order valence-electron chi connectivity index (χ4n) is 0.607. The predicted octanol–water partition coefficient (Wildman–Crippen LogP) is 2.84. The Hall–Kier alpha value is -1.11. The van der Waals surface area contributed by atoms with Crippen molar-refractivity contribution in [2.75, 3.05) is 0 Å². The Balaban J connectivity index is 0.000000292. The van der Waals surface area contributed by atoms with Crippen molar-refractivity contribution in [2.45, 2.75) is 20.3 Å². The zero-order valence-corrected chi connectivity index (χ0v) is 7.25. The van der Waals surface area contributed by atoms with Gasteiger partial charge in [-0.1, -0.05) is 19.1 Å². The fourth-order valence-corrected chi connectivity index (χ4v) is 0.607. The molecule has 0 saturated heterocycles. The maximum atomic E-state index is 3.96. The van der Waals surface area contributed by atoms with Crippen molar-refractivity contribution in [1.29, 1.82) is 0 Å². The third kappa shape index (κ3) is 5.34. The first-order valence-electron chi connectivity index (χ1n) is 3.81. The summed E-state index contributed by atoms with van der Waals surface area (Å²) < 4.78 is 0. The average Bonchev–Trinajstić information content (AvgIpc) is 2.08. The van der Waals surface area contributed by atoms with Gasteiger partial charge in [-0.2, -0.15) is 0 Å². The molecule has 0 aliphatic heterocycles. The minimum atomic E-state index is 1.08. The Kier molecular flexibility index (Phi) is 6.30. The molecule has 0 fully saturated rings. The molecule has 0 aromatic carbocycles. The van der Waals surface area contributed by atoms with Gasteiger partial charge in [-0.15, -0.1) is 6.58 Å². The van der Waals surface area contributed by atoms with Crippen molar-refractivity contribution in [2.24, 2.45) is 0 Å². The first-order valence-corrected chi connectivity index (χ1v) is 3.81. The number of pyridine rings is 1. The Morgan fingerprint density at radius 1 is 1.64 bits per heavy atom. The molecule has 0 amide bonds. The Labute approximate surface area is 68.8 Å². The van der Waals surface area contributed by atoms with E-state index in [0.717, 1.165) is 6.42 Å². The smallest absolute Gasteiger partial charge is 0.0299 e. The van der Waals surface area contributed by atoms with Crippen molar-refractivity contribution < 1.29 is 0 Å². The Morgan fingerprint density at radius 3 is 2.55 bits per heavy atom. The first kappa shape index (κ1) is 9.89. The standard InChI is InChI=1S/C7H9N.C3H6/c1-2-7-4-3-5-8-6-7;1-3-2/h3-6H,2H2,1H3;3H,1H2,2H3. The highest BCUT2D eigenvalue weighted by atomic mass is 14.6. The minimum absolute atomic E-state index is 1.08. The molecule has 0 radical (unpaired) electrons. The highest BCUT2D eigenvalue weighted by Crippen LogP contribution is 1.93. The summed E-state index contributed by atoms with van der Waals surface area (Å²) in [4.78, 5) is 3.96. The molecule has 1 rings (SSSR count). The van der Waals surface area contributed by atoms with Crippen molar-refractivity contribution in [3.8, 4) is 0 Å². The SMILES string of the molecule is C=CC.CCc1cccnc1. The second-order valence-electron chi connectivity index (χ2n) is 2.12. The van der Waals surface area contributed by atoms with Crippen molar-refractivity contribution in [3.63, 3.8) is 0 Å². The third-order valence-electron chi connectivity index (χ3n) is 1.13. The maximum absolute atomic E-state index is 3.96. The van der Waals surface area contributed by atoms with Crippen LogP contribution < -0.4 is 0 Å². The zero-order valence-electron chi connectivity index (χ0n) is 7.25. The summed E-state index contributed by atoms with van der Waals surface area (Å²) in [6.07, 6.45) is 6.51. The number of allylic oxidation sites excluding steroid dienone is 1. The summed E-state index contributed by atoms with van der Waals surface area (Å²) in [5, 5.41) is 0. The molecule has 60 valence electrons. The second kappa shape index (κ2) is 7.00. The van der Waals surface area contributed by atoms with Crippen LogP contribution in [0, 0.1) is 0 Å². The molecule has 0 spiro atoms. The molecule has 1 heteroatoms. The van der Waals surface area contributed by atoms with E-state index in [4.69, 9.17) is 0 Å². The molecule has 1 aromatic rings. The van der Waals surface area contributed by atoms with Crippen LogP contribution in [0.1, 0.15) is 19.4 Å². The van der Waals surface area contributed by atoms with E-state index in [2.05, 4.69) is 24.6 Å². The zero-order chi connectivity index (χ0) is 8.53. The number of aromatic nitrogens is 1. The number of rotatable bonds is 1. The lowest BCUT2D eigenvalue weighted by Gasteiger charge is -1.88. The topological polar surface area (TPSA) is 12.9 Å². The maximum Gasteiger partial charge on any atom is 0.0299 e. The summed E-state index contributed by atoms with van der Waals surface area (Å²) in [5.41, 5.74) is 1.30. The van der Waals surface area contributed by atoms with Crippen molar-refractivity contribution in [1.82, 2.24) is 4.98 Å². The number of hydrogen-bond acceptors (Lipinski definition) is 1. The summed E-state index contributed by atoms with van der Waals surface area (Å²) >= 11 is 0. The molecule has 1 heterocycles. The van der Waals surface area contributed by atoms with Crippen LogP contribution in [0.4, 0.5) is 0 Å². The van der Waals surface area contributed by atoms with Gasteiger partial charge >= 0.3 is 0 Å². The quantitative estimate of drug-likeness (QED) is 0.559. The lowest BCUT2D eigenvalue weighted by atomic mass is 10.2. The summed E-state index contributed by atoms with van der Waals surface area (Å²) in [6.45, 7) is 7.37. The molecular weight excluding hydrogens is 134 g/mol. The molecule has 0 aliphatic carbocycles. The second-order valence-corrected chi connectivity index (χ2v) is 2.12. The molecule has 0 atom stereocenters. The predicted molar refractivity (Wildman–Crippen MR) is 49.5 cm³/mol. The third-order valence-corrected chi connectivity index (χ3v) is 1.13. The molecule has 0 unspecified atom stereocenters. The summed E-state index contributed by atoms with van der Waals surface area (Å²) in [6, 6.07) is 4.03. The molecular formula is C10H15N. The molecule has 0 aliphatic rings. The highest BCUT2D eigenvalue weighted by Gasteiger charge is 1.81. The largest absolute Gasteiger partial charge is 0.264 e. The average molecular weight is 149 g/mol. The van der Waals surface area contributed by atoms with Crippen LogP contribution in [-0.4, -0.2) is 4.98 Å². The van der Waals surface area contributed by atoms with Crippen LogP contribution in [0.3, 0.4) is 0 Å². The summed E-state index contributed by atoms with van der Waals surface area (Å²) in [7, 11) is 0. The van der Waals surface area contributed by atoms with Gasteiger partial charge in [0.2, 0.25) is 0 Å². The molecule has 11 heavy (non-hydrogen) atoms. The minimum Gasteiger partial charge on any atom is -0.264 e. The lowest BCUT2D eigenvalue weighted by Crippen LogP contribution is -1.77. The van der Waals surface area contributed by atoms with Gasteiger partial charge in [0.25, 0.3) is 0 Å². The van der Waals surface area contributed by atoms with Crippen molar-refractivity contribution in [3.05, 3.63) is 42.7 Å². The molecule has 1 nitrogen and oxygen atoms in total. The highest BCUT2D eigenvalue weighted by molar-refractivity contribution is 5.07. The number of hydrogen-bond donors (Lipinski definition) is 0. The van der Waals surface area contributed by atoms with E-state index in [-0.39, 0.29) is 0 Å². The number of nitrogens with zero attached hydrogens (tertiary/aromatic N) is 1. The van der Waals surface area contributed by atoms with Crippen LogP contribution in [0.25, 0.3) is 0 Å². The van der Waals surface area contributed by atoms with Crippen LogP contribution in [0.15, 0.2) is 37.2 Å². The normalized spacial score (nSPS) is 7.82. The van der Waals surface area contributed by atoms with Crippen molar-refractivity contribution >= 4 is 0 Å². The Bertz CT molecular complexity index is 179. The van der Waals surface area contributed by atoms with E-state index in [1.54, 1.807) is 12.3 Å². The van der Waals surface area contributed by atoms with E-state index >= 15 is 0 Å². The number of aryl methyl sites for hydroxylation is 1. The van der Waals surface area contributed by atoms with Crippen LogP contribution >= 0.6 is 0 Å². The Morgan fingerprint density at radius 2 is 2.27 bits per heavy atom. The van der Waals surface area contributed by atoms with E-state index in [1.165, 1.54) is 5.56 Å². The molecule has 0 N–H and O–H groups in total. The van der Waals surface area contributed by atoms with Gasteiger partial charge in [0.15, 0.2) is 0 Å². The van der Waals surface area contributed by atoms with Crippen LogP contribution in [0.5, 0.6) is 0 Å². The first-order chi connectivity index (χ1) is 5.35. The van der Waals surface area contributed by atoms with Gasteiger partial charge in [0, 0.05) is 12.4 Å². The van der Waals surface area contributed by atoms with E-state index in [1.807, 2.05) is 19.2 Å². The monoisotopic (exact) mass is 149 g/mol. The van der Waals surface area contributed by atoms with E-state index in [0.29, 0.717) is 0 Å². The van der Waals surface area contributed by atoms with Gasteiger partial charge in [-0.05, 0) is 25.0 Å². The van der Waals surface area contributed by atoms with Gasteiger partial charge < -0.3 is 0 Å². The molecule has 1 aromatic heterocycles. The van der Waals surface area contributed by atoms with Gasteiger partial charge in [0.1, 0.15) is 0 Å². The van der Waals surface area contributed by atoms with Gasteiger partial charge in [-0.25, -0.2) is 0 Å². The molecule has 0 saturated carbocycles. The summed E-state index contributed by atoms with van der Waals surface area (Å²) in [5.74, 6) is 0.